The molecule has 0 spiro atoms. The van der Waals surface area contributed by atoms with Crippen molar-refractivity contribution in [3.05, 3.63) is 83.4 Å². The predicted molar refractivity (Wildman–Crippen MR) is 177 cm³/mol. The van der Waals surface area contributed by atoms with Crippen LogP contribution >= 0.6 is 0 Å². The minimum Gasteiger partial charge on any atom is -0.497 e. The monoisotopic (exact) mass is 673 g/mol. The molecule has 13 heteroatoms. The summed E-state index contributed by atoms with van der Waals surface area (Å²) in [6.45, 7) is -0.134. The van der Waals surface area contributed by atoms with Crippen molar-refractivity contribution in [1.82, 2.24) is 10.6 Å². The number of ether oxygens (including phenoxy) is 4. The van der Waals surface area contributed by atoms with Gasteiger partial charge in [-0.05, 0) is 78.8 Å². The number of rotatable bonds is 15. The molecule has 0 fully saturated rings. The first-order chi connectivity index (χ1) is 23.7. The fourth-order valence-electron chi connectivity index (χ4n) is 6.03. The Morgan fingerprint density at radius 3 is 2.24 bits per heavy atom. The smallest absolute Gasteiger partial charge is 0.413 e. The SMILES string of the molecule is COc1ccc(CCCOCC(=O)C(CC(=O)O)NC(=O)C2Cc3cccc4c3N2C(=O)C(NC(=O)Oc2ccc(OC)cc2)CC4)cc1. The number of Topliss-reactive ketones (excluding diaryl/α,β-unsaturated/α-hetero) is 1. The second kappa shape index (κ2) is 16.1. The van der Waals surface area contributed by atoms with Gasteiger partial charge in [-0.3, -0.25) is 24.1 Å². The molecule has 5 rings (SSSR count). The van der Waals surface area contributed by atoms with Crippen LogP contribution in [-0.4, -0.2) is 80.3 Å². The van der Waals surface area contributed by atoms with E-state index in [9.17, 15) is 29.1 Å². The van der Waals surface area contributed by atoms with Gasteiger partial charge in [0.05, 0.1) is 26.3 Å². The second-order valence-electron chi connectivity index (χ2n) is 11.8. The van der Waals surface area contributed by atoms with Gasteiger partial charge < -0.3 is 34.7 Å². The van der Waals surface area contributed by atoms with Crippen molar-refractivity contribution in [2.75, 3.05) is 32.3 Å². The molecule has 258 valence electrons. The molecule has 3 atom stereocenters. The first-order valence-corrected chi connectivity index (χ1v) is 16.0. The van der Waals surface area contributed by atoms with E-state index >= 15 is 0 Å². The number of aryl methyl sites for hydroxylation is 2. The molecule has 13 nitrogen and oxygen atoms in total. The third-order valence-corrected chi connectivity index (χ3v) is 8.51. The third kappa shape index (κ3) is 8.73. The topological polar surface area (TPSA) is 170 Å². The summed E-state index contributed by atoms with van der Waals surface area (Å²) in [5, 5.41) is 14.7. The zero-order valence-electron chi connectivity index (χ0n) is 27.3. The first-order valence-electron chi connectivity index (χ1n) is 16.0. The normalized spacial score (nSPS) is 16.9. The number of carbonyl (C=O) groups is 5. The van der Waals surface area contributed by atoms with Crippen LogP contribution in [0, 0.1) is 0 Å². The molecule has 0 saturated carbocycles. The number of carboxylic acid groups (broad SMARTS) is 1. The molecule has 3 aromatic carbocycles. The molecule has 2 aliphatic heterocycles. The number of anilines is 1. The average Bonchev–Trinajstić information content (AvgIpc) is 3.44. The Morgan fingerprint density at radius 1 is 0.918 bits per heavy atom. The number of aliphatic carboxylic acids is 1. The predicted octanol–water partition coefficient (Wildman–Crippen LogP) is 3.24. The van der Waals surface area contributed by atoms with Crippen molar-refractivity contribution < 1.29 is 48.0 Å². The molecule has 0 radical (unpaired) electrons. The van der Waals surface area contributed by atoms with E-state index in [2.05, 4.69) is 10.6 Å². The summed E-state index contributed by atoms with van der Waals surface area (Å²) in [6.07, 6.45) is 0.691. The van der Waals surface area contributed by atoms with Gasteiger partial charge in [0.15, 0.2) is 5.78 Å². The van der Waals surface area contributed by atoms with Gasteiger partial charge in [0.1, 0.15) is 42.0 Å². The summed E-state index contributed by atoms with van der Waals surface area (Å²) in [6, 6.07) is 16.0. The molecule has 2 heterocycles. The highest BCUT2D eigenvalue weighted by Crippen LogP contribution is 2.39. The molecule has 0 bridgehead atoms. The highest BCUT2D eigenvalue weighted by molar-refractivity contribution is 6.08. The minimum absolute atomic E-state index is 0.152. The van der Waals surface area contributed by atoms with Crippen molar-refractivity contribution >= 4 is 35.3 Å². The summed E-state index contributed by atoms with van der Waals surface area (Å²) in [5.41, 5.74) is 3.24. The molecule has 3 N–H and O–H groups in total. The van der Waals surface area contributed by atoms with E-state index in [0.717, 1.165) is 22.4 Å². The Labute approximate surface area is 283 Å². The van der Waals surface area contributed by atoms with E-state index in [1.54, 1.807) is 31.4 Å². The molecule has 3 amide bonds. The van der Waals surface area contributed by atoms with E-state index in [1.807, 2.05) is 42.5 Å². The Kier molecular flexibility index (Phi) is 11.5. The summed E-state index contributed by atoms with van der Waals surface area (Å²) >= 11 is 0. The average molecular weight is 674 g/mol. The van der Waals surface area contributed by atoms with E-state index in [0.29, 0.717) is 30.7 Å². The van der Waals surface area contributed by atoms with Gasteiger partial charge in [-0.2, -0.15) is 0 Å². The zero-order valence-corrected chi connectivity index (χ0v) is 27.3. The van der Waals surface area contributed by atoms with E-state index in [4.69, 9.17) is 18.9 Å². The number of benzene rings is 3. The van der Waals surface area contributed by atoms with Crippen molar-refractivity contribution in [1.29, 1.82) is 0 Å². The molecular formula is C36H39N3O10. The number of nitrogens with zero attached hydrogens (tertiary/aromatic N) is 1. The van der Waals surface area contributed by atoms with E-state index < -0.39 is 54.2 Å². The van der Waals surface area contributed by atoms with Gasteiger partial charge >= 0.3 is 12.1 Å². The van der Waals surface area contributed by atoms with Gasteiger partial charge in [-0.25, -0.2) is 4.79 Å². The number of para-hydroxylation sites is 1. The summed E-state index contributed by atoms with van der Waals surface area (Å²) in [4.78, 5) is 66.6. The van der Waals surface area contributed by atoms with Crippen molar-refractivity contribution in [3.63, 3.8) is 0 Å². The number of carboxylic acids is 1. The second-order valence-corrected chi connectivity index (χ2v) is 11.8. The first kappa shape index (κ1) is 34.9. The number of carbonyl (C=O) groups excluding carboxylic acids is 4. The Morgan fingerprint density at radius 2 is 1.57 bits per heavy atom. The lowest BCUT2D eigenvalue weighted by molar-refractivity contribution is -0.141. The molecule has 0 aromatic heterocycles. The molecule has 3 aromatic rings. The van der Waals surface area contributed by atoms with Gasteiger partial charge in [-0.15, -0.1) is 0 Å². The summed E-state index contributed by atoms with van der Waals surface area (Å²) < 4.78 is 21.2. The standard InChI is InChI=1S/C36H39N3O10/c1-46-25-11-8-22(9-12-25)5-4-18-48-21-31(40)29(20-32(41)42)37-34(43)30-19-24-7-3-6-23-10-17-28(35(44)39(30)33(23)24)38-36(45)49-27-15-13-26(47-2)14-16-27/h3,6-9,11-16,28-30H,4-5,10,17-21H2,1-2H3,(H,37,43)(H,38,45)(H,41,42). The van der Waals surface area contributed by atoms with Crippen LogP contribution in [0.4, 0.5) is 10.5 Å². The fourth-order valence-corrected chi connectivity index (χ4v) is 6.03. The van der Waals surface area contributed by atoms with Crippen molar-refractivity contribution in [2.24, 2.45) is 0 Å². The van der Waals surface area contributed by atoms with Gasteiger partial charge in [0.25, 0.3) is 0 Å². The zero-order chi connectivity index (χ0) is 34.9. The van der Waals surface area contributed by atoms with Gasteiger partial charge in [0.2, 0.25) is 11.8 Å². The maximum Gasteiger partial charge on any atom is 0.413 e. The fraction of sp³-hybridized carbons (Fsp3) is 0.361. The quantitative estimate of drug-likeness (QED) is 0.204. The van der Waals surface area contributed by atoms with Crippen LogP contribution in [-0.2, 0) is 43.2 Å². The van der Waals surface area contributed by atoms with Crippen LogP contribution in [0.5, 0.6) is 17.2 Å². The van der Waals surface area contributed by atoms with Crippen molar-refractivity contribution in [3.8, 4) is 17.2 Å². The number of hydrogen-bond acceptors (Lipinski definition) is 9. The maximum atomic E-state index is 14.0. The molecule has 0 saturated heterocycles. The molecule has 49 heavy (non-hydrogen) atoms. The van der Waals surface area contributed by atoms with Crippen LogP contribution in [0.1, 0.15) is 36.0 Å². The van der Waals surface area contributed by atoms with E-state index in [-0.39, 0.29) is 31.8 Å². The largest absolute Gasteiger partial charge is 0.497 e. The number of amides is 3. The van der Waals surface area contributed by atoms with Gasteiger partial charge in [0, 0.05) is 13.0 Å². The Bertz CT molecular complexity index is 1680. The summed E-state index contributed by atoms with van der Waals surface area (Å²) in [5.74, 6) is -1.49. The molecular weight excluding hydrogens is 634 g/mol. The molecule has 3 unspecified atom stereocenters. The van der Waals surface area contributed by atoms with Crippen molar-refractivity contribution in [2.45, 2.75) is 56.7 Å². The molecule has 0 aliphatic carbocycles. The van der Waals surface area contributed by atoms with Crippen LogP contribution < -0.4 is 29.7 Å². The lowest BCUT2D eigenvalue weighted by Crippen LogP contribution is -2.57. The lowest BCUT2D eigenvalue weighted by atomic mass is 10.0. The maximum absolute atomic E-state index is 14.0. The number of nitrogens with one attached hydrogen (secondary N) is 2. The Balaban J connectivity index is 1.22. The van der Waals surface area contributed by atoms with Crippen LogP contribution in [0.3, 0.4) is 0 Å². The van der Waals surface area contributed by atoms with Crippen LogP contribution in [0.2, 0.25) is 0 Å². The summed E-state index contributed by atoms with van der Waals surface area (Å²) in [7, 11) is 3.11. The van der Waals surface area contributed by atoms with Crippen LogP contribution in [0.25, 0.3) is 0 Å². The highest BCUT2D eigenvalue weighted by Gasteiger charge is 2.45. The number of methoxy groups -OCH3 is 2. The van der Waals surface area contributed by atoms with Crippen LogP contribution in [0.15, 0.2) is 66.7 Å². The number of ketones is 1. The Hall–Kier alpha value is -5.43. The van der Waals surface area contributed by atoms with Gasteiger partial charge in [-0.1, -0.05) is 30.3 Å². The van der Waals surface area contributed by atoms with E-state index in [1.165, 1.54) is 12.0 Å². The highest BCUT2D eigenvalue weighted by atomic mass is 16.6. The third-order valence-electron chi connectivity index (χ3n) is 8.51. The lowest BCUT2D eigenvalue weighted by Gasteiger charge is -2.28. The molecule has 2 aliphatic rings. The minimum atomic E-state index is -1.37. The number of hydrogen-bond donors (Lipinski definition) is 3.